The second kappa shape index (κ2) is 7.35. The van der Waals surface area contributed by atoms with Gasteiger partial charge in [-0.3, -0.25) is 19.9 Å². The van der Waals surface area contributed by atoms with Crippen LogP contribution in [0.2, 0.25) is 0 Å². The van der Waals surface area contributed by atoms with Crippen LogP contribution in [-0.2, 0) is 0 Å². The molecule has 0 saturated heterocycles. The number of hydrogen-bond acceptors (Lipinski definition) is 7. The Morgan fingerprint density at radius 1 is 1.14 bits per heavy atom. The summed E-state index contributed by atoms with van der Waals surface area (Å²) in [6, 6.07) is 13.0. The zero-order valence-corrected chi connectivity index (χ0v) is 14.8. The third-order valence-electron chi connectivity index (χ3n) is 4.15. The average Bonchev–Trinajstić information content (AvgIpc) is 3.03. The summed E-state index contributed by atoms with van der Waals surface area (Å²) in [5.74, 6) is -0.360. The van der Waals surface area contributed by atoms with E-state index in [4.69, 9.17) is 9.47 Å². The zero-order valence-electron chi connectivity index (χ0n) is 14.8. The monoisotopic (exact) mass is 388 g/mol. The van der Waals surface area contributed by atoms with Gasteiger partial charge in [0, 0.05) is 30.6 Å². The van der Waals surface area contributed by atoms with E-state index in [9.17, 15) is 19.7 Å². The maximum Gasteiger partial charge on any atom is 0.343 e. The molecule has 0 atom stereocenters. The van der Waals surface area contributed by atoms with Crippen molar-refractivity contribution in [1.29, 1.82) is 0 Å². The predicted molar refractivity (Wildman–Crippen MR) is 102 cm³/mol. The minimum absolute atomic E-state index is 0.126. The molecule has 8 nitrogen and oxygen atoms in total. The number of aromatic nitrogens is 1. The van der Waals surface area contributed by atoms with E-state index in [0.29, 0.717) is 11.1 Å². The molecule has 0 aliphatic carbocycles. The number of hydrogen-bond donors (Lipinski definition) is 0. The van der Waals surface area contributed by atoms with Crippen LogP contribution in [0.5, 0.6) is 11.5 Å². The van der Waals surface area contributed by atoms with Crippen LogP contribution in [-0.4, -0.2) is 21.7 Å². The van der Waals surface area contributed by atoms with Gasteiger partial charge in [0.15, 0.2) is 5.76 Å². The number of esters is 1. The van der Waals surface area contributed by atoms with Gasteiger partial charge in [0.1, 0.15) is 11.5 Å². The largest absolute Gasteiger partial charge is 0.452 e. The topological polar surface area (TPSA) is 109 Å². The van der Waals surface area contributed by atoms with Crippen LogP contribution in [0.15, 0.2) is 72.8 Å². The van der Waals surface area contributed by atoms with E-state index in [1.807, 2.05) is 0 Å². The molecule has 0 radical (unpaired) electrons. The summed E-state index contributed by atoms with van der Waals surface area (Å²) in [5, 5.41) is 10.7. The van der Waals surface area contributed by atoms with Crippen molar-refractivity contribution < 1.29 is 24.0 Å². The molecule has 1 aromatic heterocycles. The van der Waals surface area contributed by atoms with Crippen LogP contribution < -0.4 is 9.47 Å². The molecule has 0 bridgehead atoms. The Labute approximate surface area is 164 Å². The standard InChI is InChI=1S/C21H12N2O6/c24-20-17-8-7-16(28-21(25)14-3-5-15(6-4-14)23(26)27)11-18(17)29-19(20)10-13-2-1-9-22-12-13/h1-12H. The summed E-state index contributed by atoms with van der Waals surface area (Å²) in [7, 11) is 0. The van der Waals surface area contributed by atoms with Crippen molar-refractivity contribution >= 4 is 23.5 Å². The van der Waals surface area contributed by atoms with Gasteiger partial charge in [-0.25, -0.2) is 4.79 Å². The van der Waals surface area contributed by atoms with E-state index >= 15 is 0 Å². The van der Waals surface area contributed by atoms with Crippen LogP contribution >= 0.6 is 0 Å². The summed E-state index contributed by atoms with van der Waals surface area (Å²) in [6.07, 6.45) is 4.81. The molecular weight excluding hydrogens is 376 g/mol. The van der Waals surface area contributed by atoms with Crippen LogP contribution in [0, 0.1) is 10.1 Å². The molecule has 0 unspecified atom stereocenters. The number of rotatable bonds is 4. The number of carbonyl (C=O) groups excluding carboxylic acids is 2. The number of nitro groups is 1. The number of fused-ring (bicyclic) bond motifs is 1. The van der Waals surface area contributed by atoms with Gasteiger partial charge in [-0.1, -0.05) is 6.07 Å². The van der Waals surface area contributed by atoms with Gasteiger partial charge >= 0.3 is 5.97 Å². The summed E-state index contributed by atoms with van der Waals surface area (Å²) in [4.78, 5) is 38.8. The van der Waals surface area contributed by atoms with Gasteiger partial charge in [-0.05, 0) is 42.0 Å². The molecule has 0 fully saturated rings. The van der Waals surface area contributed by atoms with Crippen LogP contribution in [0.1, 0.15) is 26.3 Å². The Morgan fingerprint density at radius 3 is 2.62 bits per heavy atom. The number of ketones is 1. The molecule has 1 aliphatic rings. The fraction of sp³-hybridized carbons (Fsp3) is 0. The quantitative estimate of drug-likeness (QED) is 0.220. The minimum Gasteiger partial charge on any atom is -0.452 e. The van der Waals surface area contributed by atoms with E-state index in [-0.39, 0.29) is 34.3 Å². The Bertz CT molecular complexity index is 1150. The number of non-ortho nitro benzene ring substituents is 1. The lowest BCUT2D eigenvalue weighted by atomic mass is 10.1. The number of allylic oxidation sites excluding steroid dienone is 1. The smallest absolute Gasteiger partial charge is 0.343 e. The SMILES string of the molecule is O=C(Oc1ccc2c(c1)OC(=Cc1cccnc1)C2=O)c1ccc([N+](=O)[O-])cc1. The van der Waals surface area contributed by atoms with E-state index in [1.165, 1.54) is 42.5 Å². The summed E-state index contributed by atoms with van der Waals surface area (Å²) in [5.41, 5.74) is 1.10. The highest BCUT2D eigenvalue weighted by Gasteiger charge is 2.28. The number of nitro benzene ring substituents is 1. The highest BCUT2D eigenvalue weighted by atomic mass is 16.6. The third kappa shape index (κ3) is 3.72. The van der Waals surface area contributed by atoms with Gasteiger partial charge in [-0.15, -0.1) is 0 Å². The molecule has 142 valence electrons. The van der Waals surface area contributed by atoms with Crippen molar-refractivity contribution in [3.05, 3.63) is 99.6 Å². The second-order valence-electron chi connectivity index (χ2n) is 6.08. The molecule has 0 N–H and O–H groups in total. The molecule has 3 aromatic rings. The molecule has 0 spiro atoms. The first-order valence-electron chi connectivity index (χ1n) is 8.46. The second-order valence-corrected chi connectivity index (χ2v) is 6.08. The number of nitrogens with zero attached hydrogens (tertiary/aromatic N) is 2. The van der Waals surface area contributed by atoms with Gasteiger partial charge < -0.3 is 9.47 Å². The minimum atomic E-state index is -0.685. The summed E-state index contributed by atoms with van der Waals surface area (Å²) in [6.45, 7) is 0. The summed E-state index contributed by atoms with van der Waals surface area (Å²) >= 11 is 0. The molecule has 1 aliphatic heterocycles. The van der Waals surface area contributed by atoms with Gasteiger partial charge in [0.25, 0.3) is 5.69 Å². The molecule has 2 heterocycles. The first-order valence-corrected chi connectivity index (χ1v) is 8.46. The lowest BCUT2D eigenvalue weighted by Gasteiger charge is -2.05. The van der Waals surface area contributed by atoms with Crippen molar-refractivity contribution in [1.82, 2.24) is 4.98 Å². The van der Waals surface area contributed by atoms with Crippen LogP contribution in [0.4, 0.5) is 5.69 Å². The number of Topliss-reactive ketones (excluding diaryl/α,β-unsaturated/α-hetero) is 1. The van der Waals surface area contributed by atoms with Crippen molar-refractivity contribution in [2.45, 2.75) is 0 Å². The molecule has 2 aromatic carbocycles. The first kappa shape index (κ1) is 18.1. The third-order valence-corrected chi connectivity index (χ3v) is 4.15. The van der Waals surface area contributed by atoms with E-state index in [1.54, 1.807) is 30.6 Å². The number of ether oxygens (including phenoxy) is 2. The van der Waals surface area contributed by atoms with Crippen molar-refractivity contribution in [2.24, 2.45) is 0 Å². The molecule has 0 amide bonds. The van der Waals surface area contributed by atoms with Crippen molar-refractivity contribution in [2.75, 3.05) is 0 Å². The Morgan fingerprint density at radius 2 is 1.93 bits per heavy atom. The summed E-state index contributed by atoms with van der Waals surface area (Å²) < 4.78 is 10.9. The van der Waals surface area contributed by atoms with E-state index < -0.39 is 10.9 Å². The first-order chi connectivity index (χ1) is 14.0. The molecular formula is C21H12N2O6. The lowest BCUT2D eigenvalue weighted by Crippen LogP contribution is -2.08. The highest BCUT2D eigenvalue weighted by Crippen LogP contribution is 2.35. The maximum atomic E-state index is 12.5. The Kier molecular flexibility index (Phi) is 4.58. The molecule has 0 saturated carbocycles. The van der Waals surface area contributed by atoms with Crippen LogP contribution in [0.3, 0.4) is 0 Å². The van der Waals surface area contributed by atoms with E-state index in [2.05, 4.69) is 4.98 Å². The van der Waals surface area contributed by atoms with Crippen LogP contribution in [0.25, 0.3) is 6.08 Å². The van der Waals surface area contributed by atoms with Gasteiger partial charge in [-0.2, -0.15) is 0 Å². The van der Waals surface area contributed by atoms with E-state index in [0.717, 1.165) is 0 Å². The molecule has 29 heavy (non-hydrogen) atoms. The van der Waals surface area contributed by atoms with Gasteiger partial charge in [0.2, 0.25) is 5.78 Å². The lowest BCUT2D eigenvalue weighted by molar-refractivity contribution is -0.384. The maximum absolute atomic E-state index is 12.5. The Hall–Kier alpha value is -4.33. The number of pyridine rings is 1. The Balaban J connectivity index is 1.52. The average molecular weight is 388 g/mol. The van der Waals surface area contributed by atoms with Crippen molar-refractivity contribution in [3.63, 3.8) is 0 Å². The zero-order chi connectivity index (χ0) is 20.4. The molecule has 8 heteroatoms. The van der Waals surface area contributed by atoms with Gasteiger partial charge in [0.05, 0.1) is 16.1 Å². The fourth-order valence-electron chi connectivity index (χ4n) is 2.73. The normalized spacial score (nSPS) is 13.7. The molecule has 4 rings (SSSR count). The highest BCUT2D eigenvalue weighted by molar-refractivity contribution is 6.14. The number of benzene rings is 2. The number of carbonyl (C=O) groups is 2. The van der Waals surface area contributed by atoms with Crippen molar-refractivity contribution in [3.8, 4) is 11.5 Å². The predicted octanol–water partition coefficient (Wildman–Crippen LogP) is 3.83. The fourth-order valence-corrected chi connectivity index (χ4v) is 2.73.